The Morgan fingerprint density at radius 3 is 2.78 bits per heavy atom. The number of amides is 2. The Hall–Kier alpha value is -1.68. The predicted octanol–water partition coefficient (Wildman–Crippen LogP) is 4.52. The summed E-state index contributed by atoms with van der Waals surface area (Å²) in [6.45, 7) is 2.42. The van der Waals surface area contributed by atoms with Gasteiger partial charge in [-0.25, -0.2) is 14.8 Å². The van der Waals surface area contributed by atoms with Crippen LogP contribution in [0.1, 0.15) is 19.0 Å². The molecule has 23 heavy (non-hydrogen) atoms. The van der Waals surface area contributed by atoms with Gasteiger partial charge in [0.15, 0.2) is 5.69 Å². The lowest BCUT2D eigenvalue weighted by Crippen LogP contribution is -2.29. The molecule has 0 radical (unpaired) electrons. The summed E-state index contributed by atoms with van der Waals surface area (Å²) in [7, 11) is 0. The maximum atomic E-state index is 12.6. The second-order valence-corrected chi connectivity index (χ2v) is 6.18. The first-order chi connectivity index (χ1) is 10.8. The molecule has 0 aromatic carbocycles. The first-order valence-electron chi connectivity index (χ1n) is 6.54. The number of pyridine rings is 1. The molecule has 2 heterocycles. The van der Waals surface area contributed by atoms with E-state index in [2.05, 4.69) is 36.5 Å². The summed E-state index contributed by atoms with van der Waals surface area (Å²) in [5.41, 5.74) is -0.525. The zero-order valence-corrected chi connectivity index (χ0v) is 14.3. The molecule has 10 heteroatoms. The first-order valence-corrected chi connectivity index (χ1v) is 8.22. The minimum Gasteiger partial charge on any atom is -0.338 e. The number of halogens is 4. The molecule has 2 aromatic rings. The Bertz CT molecular complexity index is 705. The van der Waals surface area contributed by atoms with Crippen molar-refractivity contribution in [2.75, 3.05) is 11.9 Å². The lowest BCUT2D eigenvalue weighted by atomic mass is 10.2. The highest BCUT2D eigenvalue weighted by molar-refractivity contribution is 9.10. The Morgan fingerprint density at radius 1 is 1.43 bits per heavy atom. The van der Waals surface area contributed by atoms with E-state index in [0.29, 0.717) is 16.6 Å². The van der Waals surface area contributed by atoms with Crippen LogP contribution >= 0.6 is 27.3 Å². The van der Waals surface area contributed by atoms with Crippen LogP contribution in [0.2, 0.25) is 0 Å². The summed E-state index contributed by atoms with van der Waals surface area (Å²) in [4.78, 5) is 19.2. The number of alkyl halides is 3. The molecule has 0 bridgehead atoms. The number of nitrogens with zero attached hydrogens (tertiary/aromatic N) is 2. The fourth-order valence-electron chi connectivity index (χ4n) is 1.60. The normalized spacial score (nSPS) is 11.3. The molecule has 0 aliphatic carbocycles. The summed E-state index contributed by atoms with van der Waals surface area (Å²) in [5.74, 6) is 0.223. The van der Waals surface area contributed by atoms with Gasteiger partial charge in [-0.05, 0) is 28.4 Å². The van der Waals surface area contributed by atoms with Crippen molar-refractivity contribution in [1.82, 2.24) is 15.3 Å². The van der Waals surface area contributed by atoms with Crippen molar-refractivity contribution in [3.8, 4) is 10.6 Å². The standard InChI is InChI=1S/C13H12BrF3N4OS/c1-2-3-18-12(22)21-10-4-7(8(14)5-19-10)11-20-9(6-23-11)13(15,16)17/h4-6H,2-3H2,1H3,(H2,18,19,21,22). The van der Waals surface area contributed by atoms with Crippen molar-refractivity contribution in [2.45, 2.75) is 19.5 Å². The molecular formula is C13H12BrF3N4OS. The van der Waals surface area contributed by atoms with Crippen LogP contribution in [0.15, 0.2) is 22.1 Å². The largest absolute Gasteiger partial charge is 0.434 e. The zero-order valence-electron chi connectivity index (χ0n) is 11.9. The van der Waals surface area contributed by atoms with Crippen LogP contribution in [0.5, 0.6) is 0 Å². The maximum Gasteiger partial charge on any atom is 0.434 e. The van der Waals surface area contributed by atoms with Gasteiger partial charge in [-0.1, -0.05) is 6.92 Å². The van der Waals surface area contributed by atoms with Gasteiger partial charge in [-0.2, -0.15) is 13.2 Å². The molecule has 2 N–H and O–H groups in total. The number of nitrogens with one attached hydrogen (secondary N) is 2. The van der Waals surface area contributed by atoms with E-state index in [1.807, 2.05) is 6.92 Å². The topological polar surface area (TPSA) is 66.9 Å². The Labute approximate surface area is 142 Å². The Morgan fingerprint density at radius 2 is 2.17 bits per heavy atom. The fraction of sp³-hybridized carbons (Fsp3) is 0.308. The van der Waals surface area contributed by atoms with Gasteiger partial charge in [0.1, 0.15) is 10.8 Å². The van der Waals surface area contributed by atoms with Gasteiger partial charge in [-0.15, -0.1) is 11.3 Å². The summed E-state index contributed by atoms with van der Waals surface area (Å²) < 4.78 is 38.4. The van der Waals surface area contributed by atoms with Crippen LogP contribution in [0.25, 0.3) is 10.6 Å². The van der Waals surface area contributed by atoms with Crippen LogP contribution in [0.4, 0.5) is 23.8 Å². The molecule has 2 amide bonds. The third kappa shape index (κ3) is 4.64. The van der Waals surface area contributed by atoms with Gasteiger partial charge in [0.25, 0.3) is 0 Å². The molecule has 0 saturated heterocycles. The van der Waals surface area contributed by atoms with Crippen molar-refractivity contribution in [1.29, 1.82) is 0 Å². The molecule has 0 aliphatic rings. The molecule has 0 fully saturated rings. The average molecular weight is 409 g/mol. The van der Waals surface area contributed by atoms with Gasteiger partial charge >= 0.3 is 12.2 Å². The van der Waals surface area contributed by atoms with E-state index in [9.17, 15) is 18.0 Å². The number of anilines is 1. The Balaban J connectivity index is 2.24. The van der Waals surface area contributed by atoms with Crippen molar-refractivity contribution in [3.63, 3.8) is 0 Å². The highest BCUT2D eigenvalue weighted by Gasteiger charge is 2.34. The smallest absolute Gasteiger partial charge is 0.338 e. The molecule has 2 aromatic heterocycles. The van der Waals surface area contributed by atoms with Crippen molar-refractivity contribution >= 4 is 39.1 Å². The number of urea groups is 1. The van der Waals surface area contributed by atoms with E-state index in [1.54, 1.807) is 0 Å². The molecule has 5 nitrogen and oxygen atoms in total. The summed E-state index contributed by atoms with van der Waals surface area (Å²) >= 11 is 4.10. The third-order valence-electron chi connectivity index (χ3n) is 2.66. The number of rotatable bonds is 4. The van der Waals surface area contributed by atoms with Crippen LogP contribution in [-0.2, 0) is 6.18 Å². The fourth-order valence-corrected chi connectivity index (χ4v) is 2.99. The first kappa shape index (κ1) is 17.7. The maximum absolute atomic E-state index is 12.6. The number of carbonyl (C=O) groups excluding carboxylic acids is 1. The number of carbonyl (C=O) groups is 1. The minimum absolute atomic E-state index is 0.184. The Kier molecular flexibility index (Phi) is 5.58. The average Bonchev–Trinajstić information content (AvgIpc) is 2.97. The molecule has 124 valence electrons. The van der Waals surface area contributed by atoms with Crippen molar-refractivity contribution in [3.05, 3.63) is 27.8 Å². The highest BCUT2D eigenvalue weighted by Crippen LogP contribution is 2.36. The van der Waals surface area contributed by atoms with Crippen LogP contribution < -0.4 is 10.6 Å². The minimum atomic E-state index is -4.49. The van der Waals surface area contributed by atoms with E-state index in [4.69, 9.17) is 0 Å². The van der Waals surface area contributed by atoms with Gasteiger partial charge in [0, 0.05) is 28.2 Å². The van der Waals surface area contributed by atoms with E-state index >= 15 is 0 Å². The summed E-state index contributed by atoms with van der Waals surface area (Å²) in [6.07, 6.45) is -2.30. The number of hydrogen-bond donors (Lipinski definition) is 2. The van der Waals surface area contributed by atoms with Crippen molar-refractivity contribution < 1.29 is 18.0 Å². The molecule has 0 aliphatic heterocycles. The van der Waals surface area contributed by atoms with E-state index in [1.165, 1.54) is 12.3 Å². The third-order valence-corrected chi connectivity index (χ3v) is 4.17. The number of hydrogen-bond acceptors (Lipinski definition) is 4. The second-order valence-electron chi connectivity index (χ2n) is 4.47. The number of aromatic nitrogens is 2. The van der Waals surface area contributed by atoms with E-state index in [0.717, 1.165) is 23.1 Å². The SMILES string of the molecule is CCCNC(=O)Nc1cc(-c2nc(C(F)(F)F)cs2)c(Br)cn1. The highest BCUT2D eigenvalue weighted by atomic mass is 79.9. The van der Waals surface area contributed by atoms with Crippen LogP contribution in [-0.4, -0.2) is 22.5 Å². The van der Waals surface area contributed by atoms with Gasteiger partial charge in [0.2, 0.25) is 0 Å². The monoisotopic (exact) mass is 408 g/mol. The van der Waals surface area contributed by atoms with Crippen LogP contribution in [0.3, 0.4) is 0 Å². The molecule has 0 atom stereocenters. The van der Waals surface area contributed by atoms with Gasteiger partial charge < -0.3 is 5.32 Å². The van der Waals surface area contributed by atoms with Crippen molar-refractivity contribution in [2.24, 2.45) is 0 Å². The molecule has 0 unspecified atom stereocenters. The van der Waals surface area contributed by atoms with Crippen LogP contribution in [0, 0.1) is 0 Å². The summed E-state index contributed by atoms with van der Waals surface area (Å²) in [5, 5.41) is 6.27. The van der Waals surface area contributed by atoms with Gasteiger partial charge in [-0.3, -0.25) is 5.32 Å². The quantitative estimate of drug-likeness (QED) is 0.781. The van der Waals surface area contributed by atoms with E-state index < -0.39 is 17.9 Å². The number of thiazole rings is 1. The second kappa shape index (κ2) is 7.26. The predicted molar refractivity (Wildman–Crippen MR) is 85.4 cm³/mol. The van der Waals surface area contributed by atoms with Gasteiger partial charge in [0.05, 0.1) is 0 Å². The van der Waals surface area contributed by atoms with E-state index in [-0.39, 0.29) is 10.8 Å². The zero-order chi connectivity index (χ0) is 17.0. The lowest BCUT2D eigenvalue weighted by molar-refractivity contribution is -0.140. The molecular weight excluding hydrogens is 397 g/mol. The lowest BCUT2D eigenvalue weighted by Gasteiger charge is -2.08. The molecule has 0 saturated carbocycles. The molecule has 2 rings (SSSR count). The molecule has 0 spiro atoms. The summed E-state index contributed by atoms with van der Waals surface area (Å²) in [6, 6.07) is 1.04.